The Hall–Kier alpha value is -0.0400. The van der Waals surface area contributed by atoms with Gasteiger partial charge in [0, 0.05) is 19.6 Å². The molecule has 1 fully saturated rings. The molecule has 20 heavy (non-hydrogen) atoms. The zero-order valence-electron chi connectivity index (χ0n) is 13.2. The van der Waals surface area contributed by atoms with Gasteiger partial charge in [0.2, 0.25) is 0 Å². The Kier molecular flexibility index (Phi) is 10.6. The fourth-order valence-electron chi connectivity index (χ4n) is 3.18. The number of aliphatic hydroxyl groups excluding tert-OH is 1. The Morgan fingerprint density at radius 3 is 2.40 bits per heavy atom. The molecular formula is C15H32IN3O. The first-order valence-electron chi connectivity index (χ1n) is 7.75. The summed E-state index contributed by atoms with van der Waals surface area (Å²) in [6.07, 6.45) is 6.60. The van der Waals surface area contributed by atoms with Crippen molar-refractivity contribution in [2.75, 3.05) is 26.2 Å². The van der Waals surface area contributed by atoms with Gasteiger partial charge in [0.25, 0.3) is 0 Å². The predicted octanol–water partition coefficient (Wildman–Crippen LogP) is 2.76. The van der Waals surface area contributed by atoms with Gasteiger partial charge in [0.1, 0.15) is 0 Å². The van der Waals surface area contributed by atoms with Crippen molar-refractivity contribution in [3.05, 3.63) is 0 Å². The third-order valence-electron chi connectivity index (χ3n) is 3.83. The van der Waals surface area contributed by atoms with E-state index < -0.39 is 0 Å². The van der Waals surface area contributed by atoms with Crippen LogP contribution in [0.1, 0.15) is 52.9 Å². The molecule has 0 aromatic rings. The highest BCUT2D eigenvalue weighted by Gasteiger charge is 2.34. The molecule has 0 aliphatic heterocycles. The van der Waals surface area contributed by atoms with E-state index in [2.05, 4.69) is 31.4 Å². The topological polar surface area (TPSA) is 56.7 Å². The van der Waals surface area contributed by atoms with E-state index in [9.17, 15) is 0 Å². The second kappa shape index (κ2) is 10.7. The maximum Gasteiger partial charge on any atom is 0.191 e. The lowest BCUT2D eigenvalue weighted by Crippen LogP contribution is -2.39. The van der Waals surface area contributed by atoms with Crippen LogP contribution in [-0.4, -0.2) is 37.3 Å². The van der Waals surface area contributed by atoms with E-state index in [-0.39, 0.29) is 30.6 Å². The fraction of sp³-hybridized carbons (Fsp3) is 0.933. The number of halogens is 1. The van der Waals surface area contributed by atoms with Crippen molar-refractivity contribution in [3.8, 4) is 0 Å². The van der Waals surface area contributed by atoms with Gasteiger partial charge in [-0.3, -0.25) is 4.99 Å². The summed E-state index contributed by atoms with van der Waals surface area (Å²) in [6, 6.07) is 0. The van der Waals surface area contributed by atoms with Crippen molar-refractivity contribution < 1.29 is 5.11 Å². The minimum Gasteiger partial charge on any atom is -0.395 e. The molecule has 0 radical (unpaired) electrons. The van der Waals surface area contributed by atoms with Crippen LogP contribution >= 0.6 is 24.0 Å². The lowest BCUT2D eigenvalue weighted by molar-refractivity contribution is 0.245. The molecular weight excluding hydrogens is 365 g/mol. The molecule has 0 heterocycles. The molecule has 1 saturated carbocycles. The van der Waals surface area contributed by atoms with Crippen molar-refractivity contribution in [1.29, 1.82) is 0 Å². The van der Waals surface area contributed by atoms with E-state index in [1.165, 1.54) is 32.1 Å². The fourth-order valence-corrected chi connectivity index (χ4v) is 3.18. The van der Waals surface area contributed by atoms with Gasteiger partial charge in [-0.25, -0.2) is 0 Å². The normalized spacial score (nSPS) is 17.9. The van der Waals surface area contributed by atoms with Crippen LogP contribution in [0.25, 0.3) is 0 Å². The number of nitrogens with one attached hydrogen (secondary N) is 2. The minimum absolute atomic E-state index is 0. The Balaban J connectivity index is 0.00000361. The van der Waals surface area contributed by atoms with Gasteiger partial charge in [-0.2, -0.15) is 0 Å². The Labute approximate surface area is 141 Å². The third-order valence-corrected chi connectivity index (χ3v) is 3.83. The summed E-state index contributed by atoms with van der Waals surface area (Å²) in [6.45, 7) is 9.14. The number of hydrogen-bond acceptors (Lipinski definition) is 2. The number of hydrogen-bond donors (Lipinski definition) is 3. The first-order valence-corrected chi connectivity index (χ1v) is 7.75. The van der Waals surface area contributed by atoms with Crippen molar-refractivity contribution >= 4 is 29.9 Å². The first kappa shape index (κ1) is 20.0. The highest BCUT2D eigenvalue weighted by Crippen LogP contribution is 2.43. The standard InChI is InChI=1S/C15H31N3O.HI/c1-4-16-14(17-9-10-19)18-12-15(11-13(2)3)7-5-6-8-15;/h13,19H,4-12H2,1-3H3,(H2,16,17,18);1H. The molecule has 0 bridgehead atoms. The van der Waals surface area contributed by atoms with Crippen molar-refractivity contribution in [3.63, 3.8) is 0 Å². The summed E-state index contributed by atoms with van der Waals surface area (Å²) >= 11 is 0. The lowest BCUT2D eigenvalue weighted by atomic mass is 9.78. The number of guanidine groups is 1. The zero-order chi connectivity index (χ0) is 14.1. The minimum atomic E-state index is 0. The van der Waals surface area contributed by atoms with Crippen LogP contribution in [0.5, 0.6) is 0 Å². The SMILES string of the molecule is CCNC(=NCC1(CC(C)C)CCCC1)NCCO.I. The Morgan fingerprint density at radius 2 is 1.90 bits per heavy atom. The van der Waals surface area contributed by atoms with Crippen LogP contribution in [0.3, 0.4) is 0 Å². The molecule has 0 atom stereocenters. The zero-order valence-corrected chi connectivity index (χ0v) is 15.6. The molecule has 5 heteroatoms. The summed E-state index contributed by atoms with van der Waals surface area (Å²) < 4.78 is 0. The molecule has 0 unspecified atom stereocenters. The monoisotopic (exact) mass is 397 g/mol. The molecule has 0 spiro atoms. The quantitative estimate of drug-likeness (QED) is 0.352. The highest BCUT2D eigenvalue weighted by molar-refractivity contribution is 14.0. The van der Waals surface area contributed by atoms with Crippen LogP contribution in [0.4, 0.5) is 0 Å². The van der Waals surface area contributed by atoms with Crippen LogP contribution in [-0.2, 0) is 0 Å². The van der Waals surface area contributed by atoms with Crippen LogP contribution in [0, 0.1) is 11.3 Å². The van der Waals surface area contributed by atoms with Gasteiger partial charge in [-0.05, 0) is 37.5 Å². The molecule has 0 amide bonds. The molecule has 1 aliphatic carbocycles. The molecule has 1 aliphatic rings. The predicted molar refractivity (Wildman–Crippen MR) is 96.8 cm³/mol. The first-order chi connectivity index (χ1) is 9.12. The van der Waals surface area contributed by atoms with E-state index in [1.54, 1.807) is 0 Å². The summed E-state index contributed by atoms with van der Waals surface area (Å²) in [4.78, 5) is 4.74. The summed E-state index contributed by atoms with van der Waals surface area (Å²) in [7, 11) is 0. The molecule has 0 aromatic carbocycles. The number of aliphatic hydroxyl groups is 1. The van der Waals surface area contributed by atoms with Crippen LogP contribution in [0.15, 0.2) is 4.99 Å². The van der Waals surface area contributed by atoms with E-state index in [0.29, 0.717) is 12.0 Å². The summed E-state index contributed by atoms with van der Waals surface area (Å²) in [5.74, 6) is 1.58. The third kappa shape index (κ3) is 7.11. The molecule has 1 rings (SSSR count). The van der Waals surface area contributed by atoms with Gasteiger partial charge in [0.05, 0.1) is 6.61 Å². The number of aliphatic imine (C=N–C) groups is 1. The number of nitrogens with zero attached hydrogens (tertiary/aromatic N) is 1. The van der Waals surface area contributed by atoms with Gasteiger partial charge >= 0.3 is 0 Å². The molecule has 4 nitrogen and oxygen atoms in total. The average molecular weight is 397 g/mol. The maximum absolute atomic E-state index is 8.89. The molecule has 0 aromatic heterocycles. The Bertz CT molecular complexity index is 276. The van der Waals surface area contributed by atoms with E-state index in [0.717, 1.165) is 25.0 Å². The number of rotatable bonds is 7. The molecule has 120 valence electrons. The Morgan fingerprint density at radius 1 is 1.25 bits per heavy atom. The van der Waals surface area contributed by atoms with Crippen LogP contribution < -0.4 is 10.6 Å². The van der Waals surface area contributed by atoms with E-state index in [4.69, 9.17) is 10.1 Å². The molecule has 3 N–H and O–H groups in total. The van der Waals surface area contributed by atoms with E-state index >= 15 is 0 Å². The smallest absolute Gasteiger partial charge is 0.191 e. The molecule has 0 saturated heterocycles. The second-order valence-electron chi connectivity index (χ2n) is 6.15. The van der Waals surface area contributed by atoms with Crippen molar-refractivity contribution in [2.24, 2.45) is 16.3 Å². The van der Waals surface area contributed by atoms with Crippen molar-refractivity contribution in [1.82, 2.24) is 10.6 Å². The van der Waals surface area contributed by atoms with Gasteiger partial charge in [-0.1, -0.05) is 26.7 Å². The highest BCUT2D eigenvalue weighted by atomic mass is 127. The maximum atomic E-state index is 8.89. The summed E-state index contributed by atoms with van der Waals surface area (Å²) in [5.41, 5.74) is 0.412. The van der Waals surface area contributed by atoms with Gasteiger partial charge < -0.3 is 15.7 Å². The summed E-state index contributed by atoms with van der Waals surface area (Å²) in [5, 5.41) is 15.3. The second-order valence-corrected chi connectivity index (χ2v) is 6.15. The lowest BCUT2D eigenvalue weighted by Gasteiger charge is -2.29. The van der Waals surface area contributed by atoms with Gasteiger partial charge in [0.15, 0.2) is 5.96 Å². The van der Waals surface area contributed by atoms with Gasteiger partial charge in [-0.15, -0.1) is 24.0 Å². The van der Waals surface area contributed by atoms with Crippen molar-refractivity contribution in [2.45, 2.75) is 52.9 Å². The van der Waals surface area contributed by atoms with E-state index in [1.807, 2.05) is 0 Å². The largest absolute Gasteiger partial charge is 0.395 e. The average Bonchev–Trinajstić information content (AvgIpc) is 2.81. The van der Waals surface area contributed by atoms with Crippen LogP contribution in [0.2, 0.25) is 0 Å².